The van der Waals surface area contributed by atoms with Gasteiger partial charge in [-0.15, -0.1) is 0 Å². The van der Waals surface area contributed by atoms with Crippen molar-refractivity contribution in [1.82, 2.24) is 15.5 Å². The van der Waals surface area contributed by atoms with Crippen LogP contribution in [0.25, 0.3) is 0 Å². The van der Waals surface area contributed by atoms with Gasteiger partial charge in [0.15, 0.2) is 11.9 Å². The fraction of sp³-hybridized carbons (Fsp3) is 0.800. The third-order valence-corrected chi connectivity index (χ3v) is 6.32. The average Bonchev–Trinajstić information content (AvgIpc) is 2.76. The molecule has 0 bridgehead atoms. The van der Waals surface area contributed by atoms with Crippen molar-refractivity contribution in [2.75, 3.05) is 19.6 Å². The van der Waals surface area contributed by atoms with Crippen LogP contribution in [0.2, 0.25) is 0 Å². The Balaban J connectivity index is 1.67. The van der Waals surface area contributed by atoms with E-state index in [1.165, 1.54) is 4.90 Å². The van der Waals surface area contributed by atoms with Crippen LogP contribution in [-0.2, 0) is 9.59 Å². The molecule has 12 nitrogen and oxygen atoms in total. The third kappa shape index (κ3) is 7.83. The molecule has 182 valence electrons. The van der Waals surface area contributed by atoms with Gasteiger partial charge in [0.05, 0.1) is 12.1 Å². The molecule has 1 saturated heterocycles. The van der Waals surface area contributed by atoms with Crippen molar-refractivity contribution in [3.05, 3.63) is 0 Å². The minimum Gasteiger partial charge on any atom is -0.371 e. The Bertz CT molecular complexity index is 675. The van der Waals surface area contributed by atoms with E-state index in [4.69, 9.17) is 28.3 Å². The van der Waals surface area contributed by atoms with Crippen molar-refractivity contribution in [1.29, 1.82) is 5.41 Å². The number of nitrogens with one attached hydrogen (secondary N) is 3. The first-order valence-electron chi connectivity index (χ1n) is 11.4. The Morgan fingerprint density at radius 2 is 1.84 bits per heavy atom. The summed E-state index contributed by atoms with van der Waals surface area (Å²) in [7, 11) is 0. The zero-order valence-corrected chi connectivity index (χ0v) is 18.6. The van der Waals surface area contributed by atoms with E-state index in [-0.39, 0.29) is 29.7 Å². The molecular weight excluding hydrogens is 414 g/mol. The van der Waals surface area contributed by atoms with Gasteiger partial charge in [-0.3, -0.25) is 20.0 Å². The Labute approximate surface area is 189 Å². The number of carbonyl (C=O) groups is 2. The van der Waals surface area contributed by atoms with Crippen LogP contribution in [-0.4, -0.2) is 71.7 Å². The maximum Gasteiger partial charge on any atom is 0.236 e. The highest BCUT2D eigenvalue weighted by Gasteiger charge is 2.34. The molecule has 2 amide bonds. The first-order valence-corrected chi connectivity index (χ1v) is 11.4. The number of amides is 2. The number of aliphatic hydroxyl groups is 1. The highest BCUT2D eigenvalue weighted by atomic mass is 16.3. The lowest BCUT2D eigenvalue weighted by molar-refractivity contribution is -0.129. The summed E-state index contributed by atoms with van der Waals surface area (Å²) in [5, 5.41) is 23.8. The van der Waals surface area contributed by atoms with Gasteiger partial charge in [-0.2, -0.15) is 0 Å². The van der Waals surface area contributed by atoms with Gasteiger partial charge in [0.1, 0.15) is 6.23 Å². The Hall–Kier alpha value is -2.60. The van der Waals surface area contributed by atoms with Crippen LogP contribution in [0.5, 0.6) is 0 Å². The normalized spacial score (nSPS) is 26.6. The number of guanidine groups is 2. The van der Waals surface area contributed by atoms with Crippen LogP contribution < -0.4 is 33.6 Å². The number of likely N-dealkylation sites (tertiary alicyclic amines) is 1. The predicted molar refractivity (Wildman–Crippen MR) is 122 cm³/mol. The maximum absolute atomic E-state index is 12.7. The van der Waals surface area contributed by atoms with Crippen molar-refractivity contribution < 1.29 is 14.7 Å². The maximum atomic E-state index is 12.7. The lowest BCUT2D eigenvalue weighted by Crippen LogP contribution is -2.59. The highest BCUT2D eigenvalue weighted by Crippen LogP contribution is 2.29. The van der Waals surface area contributed by atoms with Crippen molar-refractivity contribution in [2.24, 2.45) is 39.8 Å². The van der Waals surface area contributed by atoms with Gasteiger partial charge >= 0.3 is 0 Å². The van der Waals surface area contributed by atoms with Gasteiger partial charge in [0.25, 0.3) is 0 Å². The summed E-state index contributed by atoms with van der Waals surface area (Å²) < 4.78 is 0. The quantitative estimate of drug-likeness (QED) is 0.111. The van der Waals surface area contributed by atoms with Gasteiger partial charge in [0.2, 0.25) is 11.8 Å². The number of rotatable bonds is 9. The zero-order valence-electron chi connectivity index (χ0n) is 18.6. The second kappa shape index (κ2) is 12.4. The van der Waals surface area contributed by atoms with Crippen molar-refractivity contribution >= 4 is 23.7 Å². The fourth-order valence-corrected chi connectivity index (χ4v) is 4.35. The molecule has 0 radical (unpaired) electrons. The Morgan fingerprint density at radius 3 is 2.47 bits per heavy atom. The molecule has 1 unspecified atom stereocenters. The third-order valence-electron chi connectivity index (χ3n) is 6.32. The molecule has 32 heavy (non-hydrogen) atoms. The summed E-state index contributed by atoms with van der Waals surface area (Å²) in [4.78, 5) is 30.1. The Morgan fingerprint density at radius 1 is 1.16 bits per heavy atom. The van der Waals surface area contributed by atoms with E-state index in [1.54, 1.807) is 0 Å². The first kappa shape index (κ1) is 25.7. The van der Waals surface area contributed by atoms with E-state index in [2.05, 4.69) is 15.6 Å². The lowest BCUT2D eigenvalue weighted by Gasteiger charge is -2.39. The SMILES string of the molecule is N=C(N)N1CCC[C@H](NC(=O)C2CCC(CNC(=O)[C@@H](N)CCCN=C(N)N)CC2)C1O. The number of hydrogen-bond acceptors (Lipinski definition) is 6. The second-order valence-corrected chi connectivity index (χ2v) is 8.77. The highest BCUT2D eigenvalue weighted by molar-refractivity contribution is 5.81. The van der Waals surface area contributed by atoms with Crippen LogP contribution in [0.1, 0.15) is 51.4 Å². The molecule has 2 fully saturated rings. The molecule has 2 rings (SSSR count). The molecule has 1 saturated carbocycles. The molecule has 0 spiro atoms. The molecule has 0 aromatic heterocycles. The zero-order chi connectivity index (χ0) is 23.7. The fourth-order valence-electron chi connectivity index (χ4n) is 4.35. The molecule has 12 N–H and O–H groups in total. The van der Waals surface area contributed by atoms with Crippen molar-refractivity contribution in [3.8, 4) is 0 Å². The smallest absolute Gasteiger partial charge is 0.236 e. The number of nitrogens with two attached hydrogens (primary N) is 4. The van der Waals surface area contributed by atoms with E-state index >= 15 is 0 Å². The largest absolute Gasteiger partial charge is 0.371 e. The number of hydrogen-bond donors (Lipinski definition) is 8. The summed E-state index contributed by atoms with van der Waals surface area (Å²) >= 11 is 0. The standard InChI is InChI=1S/C20H39N9O3/c21-14(3-1-9-26-19(22)23)17(31)27-11-12-5-7-13(8-6-12)16(30)28-15-4-2-10-29(18(15)32)20(24)25/h12-15,18,32H,1-11,21H2,(H3,24,25)(H,27,31)(H,28,30)(H4,22,23,26)/t12?,13?,14-,15-,18?/m0/s1. The minimum absolute atomic E-state index is 0.0280. The summed E-state index contributed by atoms with van der Waals surface area (Å²) in [5.74, 6) is -0.210. The molecule has 0 aromatic carbocycles. The van der Waals surface area contributed by atoms with Crippen molar-refractivity contribution in [3.63, 3.8) is 0 Å². The summed E-state index contributed by atoms with van der Waals surface area (Å²) in [6, 6.07) is -1.02. The number of aliphatic hydroxyl groups excluding tert-OH is 1. The van der Waals surface area contributed by atoms with Crippen molar-refractivity contribution in [2.45, 2.75) is 69.7 Å². The topological polar surface area (TPSA) is 222 Å². The van der Waals surface area contributed by atoms with E-state index in [0.29, 0.717) is 44.8 Å². The lowest BCUT2D eigenvalue weighted by atomic mass is 9.81. The molecule has 1 heterocycles. The van der Waals surface area contributed by atoms with Crippen LogP contribution in [0.4, 0.5) is 0 Å². The molecule has 2 aliphatic rings. The van der Waals surface area contributed by atoms with Gasteiger partial charge in [0, 0.05) is 25.6 Å². The first-order chi connectivity index (χ1) is 15.2. The minimum atomic E-state index is -0.972. The summed E-state index contributed by atoms with van der Waals surface area (Å²) in [5.41, 5.74) is 21.9. The summed E-state index contributed by atoms with van der Waals surface area (Å²) in [6.07, 6.45) is 4.72. The summed E-state index contributed by atoms with van der Waals surface area (Å²) in [6.45, 7) is 1.50. The second-order valence-electron chi connectivity index (χ2n) is 8.77. The van der Waals surface area contributed by atoms with Crippen LogP contribution in [0.3, 0.4) is 0 Å². The van der Waals surface area contributed by atoms with Gasteiger partial charge in [-0.05, 0) is 57.3 Å². The van der Waals surface area contributed by atoms with Crippen LogP contribution in [0.15, 0.2) is 4.99 Å². The molecular formula is C20H39N9O3. The van der Waals surface area contributed by atoms with Gasteiger partial charge in [-0.1, -0.05) is 0 Å². The van der Waals surface area contributed by atoms with E-state index in [9.17, 15) is 14.7 Å². The number of carbonyl (C=O) groups excluding carboxylic acids is 2. The van der Waals surface area contributed by atoms with Crippen LogP contribution in [0, 0.1) is 17.2 Å². The average molecular weight is 454 g/mol. The van der Waals surface area contributed by atoms with Gasteiger partial charge in [-0.25, -0.2) is 0 Å². The molecule has 12 heteroatoms. The van der Waals surface area contributed by atoms with E-state index in [1.807, 2.05) is 0 Å². The molecule has 0 aromatic rings. The molecule has 1 aliphatic heterocycles. The number of nitrogens with zero attached hydrogens (tertiary/aromatic N) is 2. The van der Waals surface area contributed by atoms with E-state index in [0.717, 1.165) is 32.1 Å². The molecule has 1 aliphatic carbocycles. The number of aliphatic imine (C=N–C) groups is 1. The monoisotopic (exact) mass is 453 g/mol. The number of piperidine rings is 1. The Kier molecular flexibility index (Phi) is 9.97. The van der Waals surface area contributed by atoms with E-state index < -0.39 is 18.3 Å². The van der Waals surface area contributed by atoms with Gasteiger partial charge < -0.3 is 43.6 Å². The van der Waals surface area contributed by atoms with Crippen LogP contribution >= 0.6 is 0 Å². The predicted octanol–water partition coefficient (Wildman–Crippen LogP) is -1.92. The molecule has 3 atom stereocenters.